The number of hydrogen-bond donors (Lipinski definition) is 1. The van der Waals surface area contributed by atoms with E-state index in [0.717, 1.165) is 22.5 Å². The maximum absolute atomic E-state index is 12.2. The third-order valence-electron chi connectivity index (χ3n) is 3.59. The first-order chi connectivity index (χ1) is 11.3. The number of ether oxygens (including phenoxy) is 1. The first-order valence-electron chi connectivity index (χ1n) is 7.50. The molecule has 0 bridgehead atoms. The number of benzene rings is 1. The van der Waals surface area contributed by atoms with Crippen LogP contribution < -0.4 is 10.2 Å². The molecular weight excluding hydrogens is 328 g/mol. The normalized spacial score (nSPS) is 11.8. The van der Waals surface area contributed by atoms with Crippen LogP contribution in [0.15, 0.2) is 28.4 Å². The molecule has 1 heterocycles. The molecule has 1 amide bonds. The third-order valence-corrected chi connectivity index (χ3v) is 4.47. The van der Waals surface area contributed by atoms with Gasteiger partial charge in [-0.1, -0.05) is 23.5 Å². The number of rotatable bonds is 5. The standard InChI is InChI=1S/C17H20N2O4S/c1-10-5-6-11(2)14(7-10)18-16(21)13(4)23-15(20)8-19-12(3)9-24-17(19)22/h5-7,9,13H,8H2,1-4H3,(H,18,21)/t13-/m1/s1. The number of aromatic nitrogens is 1. The summed E-state index contributed by atoms with van der Waals surface area (Å²) in [5.41, 5.74) is 3.32. The van der Waals surface area contributed by atoms with Crippen molar-refractivity contribution in [1.82, 2.24) is 4.57 Å². The quantitative estimate of drug-likeness (QED) is 0.842. The van der Waals surface area contributed by atoms with Gasteiger partial charge >= 0.3 is 10.8 Å². The molecule has 6 nitrogen and oxygen atoms in total. The zero-order valence-electron chi connectivity index (χ0n) is 14.1. The summed E-state index contributed by atoms with van der Waals surface area (Å²) in [7, 11) is 0. The number of esters is 1. The van der Waals surface area contributed by atoms with E-state index < -0.39 is 18.0 Å². The molecule has 0 saturated heterocycles. The summed E-state index contributed by atoms with van der Waals surface area (Å²) in [5, 5.41) is 4.43. The number of hydrogen-bond acceptors (Lipinski definition) is 5. The fourth-order valence-corrected chi connectivity index (χ4v) is 2.85. The first-order valence-corrected chi connectivity index (χ1v) is 8.38. The van der Waals surface area contributed by atoms with E-state index in [-0.39, 0.29) is 11.4 Å². The van der Waals surface area contributed by atoms with Gasteiger partial charge in [-0.05, 0) is 44.9 Å². The maximum Gasteiger partial charge on any atom is 0.326 e. The molecule has 7 heteroatoms. The van der Waals surface area contributed by atoms with Crippen LogP contribution in [-0.2, 0) is 20.9 Å². The SMILES string of the molecule is Cc1ccc(C)c(NC(=O)[C@@H](C)OC(=O)Cn2c(C)csc2=O)c1. The first kappa shape index (κ1) is 17.9. The molecule has 0 aliphatic rings. The van der Waals surface area contributed by atoms with E-state index in [4.69, 9.17) is 4.74 Å². The van der Waals surface area contributed by atoms with Crippen LogP contribution in [0.2, 0.25) is 0 Å². The number of carbonyl (C=O) groups is 2. The van der Waals surface area contributed by atoms with Crippen LogP contribution in [0.3, 0.4) is 0 Å². The maximum atomic E-state index is 12.2. The highest BCUT2D eigenvalue weighted by molar-refractivity contribution is 7.07. The Labute approximate surface area is 144 Å². The molecule has 0 unspecified atom stereocenters. The molecular formula is C17H20N2O4S. The van der Waals surface area contributed by atoms with Gasteiger partial charge in [-0.25, -0.2) is 0 Å². The zero-order chi connectivity index (χ0) is 17.9. The van der Waals surface area contributed by atoms with Gasteiger partial charge in [0.05, 0.1) is 0 Å². The minimum atomic E-state index is -0.952. The second-order valence-electron chi connectivity index (χ2n) is 5.67. The van der Waals surface area contributed by atoms with E-state index in [1.54, 1.807) is 12.3 Å². The van der Waals surface area contributed by atoms with Gasteiger partial charge in [0.25, 0.3) is 5.91 Å². The lowest BCUT2D eigenvalue weighted by Crippen LogP contribution is -2.32. The summed E-state index contributed by atoms with van der Waals surface area (Å²) in [6, 6.07) is 5.72. The van der Waals surface area contributed by atoms with E-state index >= 15 is 0 Å². The molecule has 0 radical (unpaired) electrons. The summed E-state index contributed by atoms with van der Waals surface area (Å²) in [6.07, 6.45) is -0.952. The van der Waals surface area contributed by atoms with Crippen molar-refractivity contribution in [3.63, 3.8) is 0 Å². The number of amides is 1. The van der Waals surface area contributed by atoms with Gasteiger partial charge in [-0.3, -0.25) is 19.0 Å². The number of carbonyl (C=O) groups excluding carboxylic acids is 2. The third kappa shape index (κ3) is 4.32. The van der Waals surface area contributed by atoms with E-state index in [1.165, 1.54) is 11.5 Å². The highest BCUT2D eigenvalue weighted by Gasteiger charge is 2.19. The minimum Gasteiger partial charge on any atom is -0.451 e. The summed E-state index contributed by atoms with van der Waals surface area (Å²) in [4.78, 5) is 35.5. The van der Waals surface area contributed by atoms with Crippen molar-refractivity contribution in [1.29, 1.82) is 0 Å². The van der Waals surface area contributed by atoms with Crippen LogP contribution in [0.1, 0.15) is 23.7 Å². The average Bonchev–Trinajstić information content (AvgIpc) is 2.82. The van der Waals surface area contributed by atoms with E-state index in [9.17, 15) is 14.4 Å². The van der Waals surface area contributed by atoms with Crippen LogP contribution >= 0.6 is 11.3 Å². The Kier molecular flexibility index (Phi) is 5.56. The molecule has 2 aromatic rings. The van der Waals surface area contributed by atoms with Gasteiger partial charge in [-0.15, -0.1) is 0 Å². The second kappa shape index (κ2) is 7.44. The number of thiazole rings is 1. The Bertz CT molecular complexity index is 822. The fourth-order valence-electron chi connectivity index (χ4n) is 2.12. The van der Waals surface area contributed by atoms with Crippen molar-refractivity contribution in [3.05, 3.63) is 50.1 Å². The fraction of sp³-hybridized carbons (Fsp3) is 0.353. The Hall–Kier alpha value is -2.41. The van der Waals surface area contributed by atoms with Gasteiger partial charge in [0.2, 0.25) is 0 Å². The highest BCUT2D eigenvalue weighted by atomic mass is 32.1. The Balaban J connectivity index is 1.97. The molecule has 0 spiro atoms. The van der Waals surface area contributed by atoms with Crippen molar-refractivity contribution < 1.29 is 14.3 Å². The van der Waals surface area contributed by atoms with E-state index in [2.05, 4.69) is 5.32 Å². The molecule has 1 N–H and O–H groups in total. The van der Waals surface area contributed by atoms with Gasteiger partial charge in [-0.2, -0.15) is 0 Å². The van der Waals surface area contributed by atoms with E-state index in [0.29, 0.717) is 11.4 Å². The van der Waals surface area contributed by atoms with Crippen LogP contribution in [-0.4, -0.2) is 22.5 Å². The molecule has 0 aliphatic heterocycles. The Morgan fingerprint density at radius 2 is 2.00 bits per heavy atom. The van der Waals surface area contributed by atoms with Crippen molar-refractivity contribution in [3.8, 4) is 0 Å². The molecule has 2 rings (SSSR count). The summed E-state index contributed by atoms with van der Waals surface area (Å²) < 4.78 is 6.45. The lowest BCUT2D eigenvalue weighted by atomic mass is 10.1. The lowest BCUT2D eigenvalue weighted by Gasteiger charge is -2.15. The van der Waals surface area contributed by atoms with Crippen LogP contribution in [0.4, 0.5) is 5.69 Å². The monoisotopic (exact) mass is 348 g/mol. The van der Waals surface area contributed by atoms with Gasteiger partial charge in [0.1, 0.15) is 6.54 Å². The molecule has 1 aromatic heterocycles. The number of nitrogens with one attached hydrogen (secondary N) is 1. The molecule has 128 valence electrons. The van der Waals surface area contributed by atoms with Crippen LogP contribution in [0.25, 0.3) is 0 Å². The smallest absolute Gasteiger partial charge is 0.326 e. The predicted octanol–water partition coefficient (Wildman–Crippen LogP) is 2.41. The van der Waals surface area contributed by atoms with Crippen molar-refractivity contribution in [2.24, 2.45) is 0 Å². The van der Waals surface area contributed by atoms with Gasteiger partial charge in [0, 0.05) is 16.8 Å². The van der Waals surface area contributed by atoms with Gasteiger partial charge < -0.3 is 10.1 Å². The van der Waals surface area contributed by atoms with Crippen LogP contribution in [0, 0.1) is 20.8 Å². The van der Waals surface area contributed by atoms with Crippen molar-refractivity contribution in [2.75, 3.05) is 5.32 Å². The summed E-state index contributed by atoms with van der Waals surface area (Å²) in [5.74, 6) is -1.03. The highest BCUT2D eigenvalue weighted by Crippen LogP contribution is 2.16. The van der Waals surface area contributed by atoms with Gasteiger partial charge in [0.15, 0.2) is 6.10 Å². The van der Waals surface area contributed by atoms with E-state index in [1.807, 2.05) is 32.0 Å². The molecule has 0 saturated carbocycles. The predicted molar refractivity (Wildman–Crippen MR) is 93.4 cm³/mol. The molecule has 1 atom stereocenters. The molecule has 24 heavy (non-hydrogen) atoms. The summed E-state index contributed by atoms with van der Waals surface area (Å²) in [6.45, 7) is 6.86. The number of nitrogens with zero attached hydrogens (tertiary/aromatic N) is 1. The number of anilines is 1. The Morgan fingerprint density at radius 3 is 2.62 bits per heavy atom. The Morgan fingerprint density at radius 1 is 1.29 bits per heavy atom. The molecule has 0 aliphatic carbocycles. The van der Waals surface area contributed by atoms with Crippen molar-refractivity contribution in [2.45, 2.75) is 40.3 Å². The molecule has 0 fully saturated rings. The van der Waals surface area contributed by atoms with Crippen molar-refractivity contribution >= 4 is 28.9 Å². The lowest BCUT2D eigenvalue weighted by molar-refractivity contribution is -0.153. The average molecular weight is 348 g/mol. The summed E-state index contributed by atoms with van der Waals surface area (Å²) >= 11 is 1.02. The topological polar surface area (TPSA) is 77.4 Å². The largest absolute Gasteiger partial charge is 0.451 e. The minimum absolute atomic E-state index is 0.199. The molecule has 1 aromatic carbocycles. The second-order valence-corrected chi connectivity index (χ2v) is 6.49. The number of aryl methyl sites for hydroxylation is 3. The van der Waals surface area contributed by atoms with Crippen LogP contribution in [0.5, 0.6) is 0 Å². The zero-order valence-corrected chi connectivity index (χ0v) is 14.9.